The number of carbonyl (C=O) groups is 2. The molecule has 0 aliphatic carbocycles. The highest BCUT2D eigenvalue weighted by Gasteiger charge is 2.24. The van der Waals surface area contributed by atoms with Crippen LogP contribution in [-0.2, 0) is 4.74 Å². The minimum Gasteiger partial charge on any atom is -0.478 e. The van der Waals surface area contributed by atoms with Crippen molar-refractivity contribution in [1.29, 1.82) is 0 Å². The Bertz CT molecular complexity index is 550. The molecule has 1 fully saturated rings. The van der Waals surface area contributed by atoms with E-state index in [-0.39, 0.29) is 23.3 Å². The van der Waals surface area contributed by atoms with Crippen molar-refractivity contribution in [2.45, 2.75) is 19.4 Å². The van der Waals surface area contributed by atoms with E-state index >= 15 is 0 Å². The maximum Gasteiger partial charge on any atom is 0.335 e. The van der Waals surface area contributed by atoms with Crippen LogP contribution < -0.4 is 10.6 Å². The molecule has 1 aliphatic heterocycles. The summed E-state index contributed by atoms with van der Waals surface area (Å²) in [6.07, 6.45) is 0.972. The summed E-state index contributed by atoms with van der Waals surface area (Å²) in [6.45, 7) is 3.07. The first-order chi connectivity index (χ1) is 9.97. The SMILES string of the molecule is CC1OCCC1CNC(=O)Nc1ccc(C(=O)O)cc1F. The molecule has 1 aromatic carbocycles. The normalized spacial score (nSPS) is 21.0. The largest absolute Gasteiger partial charge is 0.478 e. The highest BCUT2D eigenvalue weighted by molar-refractivity contribution is 5.91. The Morgan fingerprint density at radius 3 is 2.81 bits per heavy atom. The first-order valence-corrected chi connectivity index (χ1v) is 6.66. The molecule has 0 bridgehead atoms. The van der Waals surface area contributed by atoms with Crippen molar-refractivity contribution < 1.29 is 23.8 Å². The Kier molecular flexibility index (Phi) is 4.74. The molecule has 2 atom stereocenters. The van der Waals surface area contributed by atoms with Gasteiger partial charge in [0.15, 0.2) is 0 Å². The summed E-state index contributed by atoms with van der Waals surface area (Å²) >= 11 is 0. The van der Waals surface area contributed by atoms with E-state index in [0.29, 0.717) is 13.2 Å². The molecule has 0 spiro atoms. The molecule has 1 aromatic rings. The fourth-order valence-electron chi connectivity index (χ4n) is 2.18. The predicted octanol–water partition coefficient (Wildman–Crippen LogP) is 2.07. The molecule has 6 nitrogen and oxygen atoms in total. The Hall–Kier alpha value is -2.15. The zero-order chi connectivity index (χ0) is 15.4. The van der Waals surface area contributed by atoms with Crippen LogP contribution in [0.5, 0.6) is 0 Å². The number of halogens is 1. The third-order valence-electron chi connectivity index (χ3n) is 3.52. The van der Waals surface area contributed by atoms with Crippen LogP contribution >= 0.6 is 0 Å². The number of aromatic carboxylic acids is 1. The lowest BCUT2D eigenvalue weighted by Crippen LogP contribution is -2.35. The number of ether oxygens (including phenoxy) is 1. The standard InChI is InChI=1S/C14H17FN2O4/c1-8-10(4-5-21-8)7-16-14(20)17-12-3-2-9(13(18)19)6-11(12)15/h2-3,6,8,10H,4-5,7H2,1H3,(H,18,19)(H2,16,17,20). The summed E-state index contributed by atoms with van der Waals surface area (Å²) in [5, 5.41) is 13.7. The van der Waals surface area contributed by atoms with E-state index in [2.05, 4.69) is 10.6 Å². The average molecular weight is 296 g/mol. The summed E-state index contributed by atoms with van der Waals surface area (Å²) in [6, 6.07) is 2.79. The topological polar surface area (TPSA) is 87.7 Å². The lowest BCUT2D eigenvalue weighted by atomic mass is 10.0. The van der Waals surface area contributed by atoms with Crippen LogP contribution in [0.4, 0.5) is 14.9 Å². The first kappa shape index (κ1) is 15.2. The number of urea groups is 1. The number of nitrogens with one attached hydrogen (secondary N) is 2. The minimum atomic E-state index is -1.22. The van der Waals surface area contributed by atoms with E-state index in [9.17, 15) is 14.0 Å². The van der Waals surface area contributed by atoms with E-state index < -0.39 is 17.8 Å². The Morgan fingerprint density at radius 1 is 1.48 bits per heavy atom. The summed E-state index contributed by atoms with van der Waals surface area (Å²) in [4.78, 5) is 22.4. The lowest BCUT2D eigenvalue weighted by Gasteiger charge is -2.15. The molecular formula is C14H17FN2O4. The van der Waals surface area contributed by atoms with Gasteiger partial charge in [-0.1, -0.05) is 0 Å². The van der Waals surface area contributed by atoms with Gasteiger partial charge in [-0.2, -0.15) is 0 Å². The molecule has 114 valence electrons. The third kappa shape index (κ3) is 3.91. The Labute approximate surface area is 121 Å². The summed E-state index contributed by atoms with van der Waals surface area (Å²) in [5.41, 5.74) is -0.233. The van der Waals surface area contributed by atoms with E-state index in [1.54, 1.807) is 0 Å². The molecule has 2 rings (SSSR count). The van der Waals surface area contributed by atoms with Gasteiger partial charge in [-0.25, -0.2) is 14.0 Å². The molecule has 1 aliphatic rings. The molecule has 7 heteroatoms. The highest BCUT2D eigenvalue weighted by Crippen LogP contribution is 2.19. The number of amides is 2. The molecule has 2 amide bonds. The quantitative estimate of drug-likeness (QED) is 0.793. The summed E-state index contributed by atoms with van der Waals surface area (Å²) in [7, 11) is 0. The lowest BCUT2D eigenvalue weighted by molar-refractivity contribution is 0.0696. The predicted molar refractivity (Wildman–Crippen MR) is 73.9 cm³/mol. The van der Waals surface area contributed by atoms with E-state index in [0.717, 1.165) is 12.5 Å². The second-order valence-corrected chi connectivity index (χ2v) is 4.96. The Morgan fingerprint density at radius 2 is 2.24 bits per heavy atom. The van der Waals surface area contributed by atoms with Crippen LogP contribution in [0, 0.1) is 11.7 Å². The van der Waals surface area contributed by atoms with Gasteiger partial charge in [0.2, 0.25) is 0 Å². The number of anilines is 1. The maximum atomic E-state index is 13.6. The van der Waals surface area contributed by atoms with Crippen molar-refractivity contribution >= 4 is 17.7 Å². The van der Waals surface area contributed by atoms with Crippen molar-refractivity contribution in [1.82, 2.24) is 5.32 Å². The second kappa shape index (κ2) is 6.53. The molecule has 0 saturated carbocycles. The average Bonchev–Trinajstić information content (AvgIpc) is 2.84. The molecule has 1 saturated heterocycles. The van der Waals surface area contributed by atoms with Gasteiger partial charge in [-0.3, -0.25) is 0 Å². The van der Waals surface area contributed by atoms with Gasteiger partial charge in [-0.05, 0) is 31.5 Å². The third-order valence-corrected chi connectivity index (χ3v) is 3.52. The monoisotopic (exact) mass is 296 g/mol. The van der Waals surface area contributed by atoms with Crippen LogP contribution in [0.15, 0.2) is 18.2 Å². The second-order valence-electron chi connectivity index (χ2n) is 4.96. The van der Waals surface area contributed by atoms with E-state index in [1.165, 1.54) is 12.1 Å². The zero-order valence-corrected chi connectivity index (χ0v) is 11.6. The number of benzene rings is 1. The summed E-state index contributed by atoms with van der Waals surface area (Å²) < 4.78 is 19.0. The zero-order valence-electron chi connectivity index (χ0n) is 11.6. The number of hydrogen-bond donors (Lipinski definition) is 3. The highest BCUT2D eigenvalue weighted by atomic mass is 19.1. The number of hydrogen-bond acceptors (Lipinski definition) is 3. The van der Waals surface area contributed by atoms with Crippen molar-refractivity contribution in [3.63, 3.8) is 0 Å². The first-order valence-electron chi connectivity index (χ1n) is 6.66. The Balaban J connectivity index is 1.89. The van der Waals surface area contributed by atoms with Crippen molar-refractivity contribution in [3.8, 4) is 0 Å². The number of carboxylic acids is 1. The van der Waals surface area contributed by atoms with Crippen LogP contribution in [0.25, 0.3) is 0 Å². The molecule has 0 radical (unpaired) electrons. The van der Waals surface area contributed by atoms with Gasteiger partial charge >= 0.3 is 12.0 Å². The van der Waals surface area contributed by atoms with Gasteiger partial charge in [0.25, 0.3) is 0 Å². The van der Waals surface area contributed by atoms with Gasteiger partial charge < -0.3 is 20.5 Å². The molecular weight excluding hydrogens is 279 g/mol. The maximum absolute atomic E-state index is 13.6. The number of carbonyl (C=O) groups excluding carboxylic acids is 1. The van der Waals surface area contributed by atoms with Crippen molar-refractivity contribution in [3.05, 3.63) is 29.6 Å². The van der Waals surface area contributed by atoms with Crippen LogP contribution in [0.3, 0.4) is 0 Å². The summed E-state index contributed by atoms with van der Waals surface area (Å²) in [5.74, 6) is -1.77. The van der Waals surface area contributed by atoms with Gasteiger partial charge in [-0.15, -0.1) is 0 Å². The number of carboxylic acid groups (broad SMARTS) is 1. The van der Waals surface area contributed by atoms with Crippen molar-refractivity contribution in [2.75, 3.05) is 18.5 Å². The fraction of sp³-hybridized carbons (Fsp3) is 0.429. The van der Waals surface area contributed by atoms with Crippen molar-refractivity contribution in [2.24, 2.45) is 5.92 Å². The molecule has 0 aromatic heterocycles. The van der Waals surface area contributed by atoms with Gasteiger partial charge in [0, 0.05) is 19.1 Å². The van der Waals surface area contributed by atoms with Crippen LogP contribution in [0.2, 0.25) is 0 Å². The van der Waals surface area contributed by atoms with Crippen LogP contribution in [0.1, 0.15) is 23.7 Å². The smallest absolute Gasteiger partial charge is 0.335 e. The van der Waals surface area contributed by atoms with E-state index in [1.807, 2.05) is 6.92 Å². The molecule has 1 heterocycles. The van der Waals surface area contributed by atoms with Crippen LogP contribution in [-0.4, -0.2) is 36.4 Å². The van der Waals surface area contributed by atoms with E-state index in [4.69, 9.17) is 9.84 Å². The molecule has 3 N–H and O–H groups in total. The molecule has 21 heavy (non-hydrogen) atoms. The minimum absolute atomic E-state index is 0.0618. The number of rotatable bonds is 4. The van der Waals surface area contributed by atoms with Gasteiger partial charge in [0.05, 0.1) is 17.4 Å². The molecule has 2 unspecified atom stereocenters. The fourth-order valence-corrected chi connectivity index (χ4v) is 2.18. The van der Waals surface area contributed by atoms with Gasteiger partial charge in [0.1, 0.15) is 5.82 Å².